The number of nitrogens with one attached hydrogen (secondary N) is 2. The second-order valence-electron chi connectivity index (χ2n) is 8.82. The van der Waals surface area contributed by atoms with Crippen LogP contribution in [-0.2, 0) is 21.4 Å². The Kier molecular flexibility index (Phi) is 5.14. The lowest BCUT2D eigenvalue weighted by atomic mass is 9.69. The minimum absolute atomic E-state index is 0.0273. The molecule has 0 saturated carbocycles. The lowest BCUT2D eigenvalue weighted by molar-refractivity contribution is -0.125. The zero-order valence-corrected chi connectivity index (χ0v) is 18.0. The molecule has 1 fully saturated rings. The van der Waals surface area contributed by atoms with Gasteiger partial charge < -0.3 is 10.6 Å². The molecule has 5 nitrogen and oxygen atoms in total. The fourth-order valence-corrected chi connectivity index (χ4v) is 5.75. The molecule has 3 aliphatic rings. The molecule has 2 N–H and O–H groups in total. The Hall–Kier alpha value is -2.92. The zero-order chi connectivity index (χ0) is 21.4. The van der Waals surface area contributed by atoms with Gasteiger partial charge >= 0.3 is 0 Å². The van der Waals surface area contributed by atoms with E-state index in [-0.39, 0.29) is 17.2 Å². The van der Waals surface area contributed by atoms with Gasteiger partial charge in [0.2, 0.25) is 11.8 Å². The number of carbonyl (C=O) groups is 2. The predicted octanol–water partition coefficient (Wildman–Crippen LogP) is 3.19. The van der Waals surface area contributed by atoms with Crippen LogP contribution in [0.1, 0.15) is 42.4 Å². The summed E-state index contributed by atoms with van der Waals surface area (Å²) in [5.74, 6) is -0.0775. The van der Waals surface area contributed by atoms with Crippen molar-refractivity contribution in [3.05, 3.63) is 70.8 Å². The third kappa shape index (κ3) is 3.28. The van der Waals surface area contributed by atoms with Crippen molar-refractivity contribution in [3.8, 4) is 0 Å². The molecule has 2 aromatic carbocycles. The van der Waals surface area contributed by atoms with E-state index in [4.69, 9.17) is 0 Å². The third-order valence-corrected chi connectivity index (χ3v) is 7.28. The van der Waals surface area contributed by atoms with Crippen molar-refractivity contribution in [2.75, 3.05) is 25.0 Å². The molecule has 31 heavy (non-hydrogen) atoms. The van der Waals surface area contributed by atoms with Crippen LogP contribution in [0.4, 0.5) is 5.69 Å². The van der Waals surface area contributed by atoms with Crippen molar-refractivity contribution in [1.82, 2.24) is 10.6 Å². The second-order valence-corrected chi connectivity index (χ2v) is 8.82. The number of anilines is 1. The first-order valence-electron chi connectivity index (χ1n) is 11.3. The molecule has 2 aliphatic heterocycles. The molecule has 2 amide bonds. The highest BCUT2D eigenvalue weighted by molar-refractivity contribution is 6.03. The number of allylic oxidation sites excluding steroid dienone is 1. The van der Waals surface area contributed by atoms with E-state index in [9.17, 15) is 9.59 Å². The molecule has 5 rings (SSSR count). The maximum absolute atomic E-state index is 13.4. The van der Waals surface area contributed by atoms with Gasteiger partial charge in [-0.05, 0) is 55.1 Å². The molecule has 0 radical (unpaired) electrons. The van der Waals surface area contributed by atoms with Crippen molar-refractivity contribution in [2.45, 2.75) is 43.6 Å². The van der Waals surface area contributed by atoms with Gasteiger partial charge in [0.1, 0.15) is 6.04 Å². The molecule has 1 spiro atoms. The average molecular weight is 416 g/mol. The number of nitrogens with zero attached hydrogens (tertiary/aromatic N) is 1. The van der Waals surface area contributed by atoms with Crippen molar-refractivity contribution < 1.29 is 9.59 Å². The molecule has 2 aromatic rings. The molecule has 1 atom stereocenters. The van der Waals surface area contributed by atoms with Crippen LogP contribution in [0.15, 0.2) is 54.1 Å². The fourth-order valence-electron chi connectivity index (χ4n) is 5.75. The second kappa shape index (κ2) is 7.97. The highest BCUT2D eigenvalue weighted by atomic mass is 16.2. The van der Waals surface area contributed by atoms with E-state index in [2.05, 4.69) is 41.0 Å². The molecule has 1 aliphatic carbocycles. The molecule has 2 heterocycles. The zero-order valence-electron chi connectivity index (χ0n) is 18.0. The first kappa shape index (κ1) is 20.0. The average Bonchev–Trinajstić information content (AvgIpc) is 3.34. The Morgan fingerprint density at radius 1 is 1.10 bits per heavy atom. The molecule has 0 aromatic heterocycles. The SMILES string of the molecule is CNC(=O)[C@@H]1Cc2ccccc2N1C(=O)CCC1=Cc2ccccc2C12CCNCC2. The summed E-state index contributed by atoms with van der Waals surface area (Å²) in [6, 6.07) is 16.1. The first-order valence-corrected chi connectivity index (χ1v) is 11.3. The van der Waals surface area contributed by atoms with E-state index in [0.717, 1.165) is 43.6 Å². The van der Waals surface area contributed by atoms with E-state index < -0.39 is 6.04 Å². The number of piperidine rings is 1. The Labute approximate surface area is 183 Å². The fraction of sp³-hybridized carbons (Fsp3) is 0.385. The molecule has 5 heteroatoms. The standard InChI is InChI=1S/C26H29N3O2/c1-27-25(31)23-17-19-7-3-5-9-22(19)29(23)24(30)11-10-20-16-18-6-2-4-8-21(18)26(20)12-14-28-15-13-26/h2-9,16,23,28H,10-15,17H2,1H3,(H,27,31)/t23-/m0/s1. The van der Waals surface area contributed by atoms with Gasteiger partial charge in [-0.1, -0.05) is 54.1 Å². The number of rotatable bonds is 4. The van der Waals surface area contributed by atoms with Gasteiger partial charge in [0.25, 0.3) is 0 Å². The summed E-state index contributed by atoms with van der Waals surface area (Å²) in [5.41, 5.74) is 6.06. The van der Waals surface area contributed by atoms with Crippen LogP contribution in [0.2, 0.25) is 0 Å². The van der Waals surface area contributed by atoms with E-state index in [1.54, 1.807) is 11.9 Å². The highest BCUT2D eigenvalue weighted by Gasteiger charge is 2.43. The number of carbonyl (C=O) groups excluding carboxylic acids is 2. The van der Waals surface area contributed by atoms with Crippen molar-refractivity contribution in [3.63, 3.8) is 0 Å². The molecule has 160 valence electrons. The topological polar surface area (TPSA) is 61.4 Å². The van der Waals surface area contributed by atoms with Gasteiger partial charge in [-0.3, -0.25) is 14.5 Å². The van der Waals surface area contributed by atoms with Gasteiger partial charge in [-0.25, -0.2) is 0 Å². The maximum atomic E-state index is 13.4. The summed E-state index contributed by atoms with van der Waals surface area (Å²) in [7, 11) is 1.63. The highest BCUT2D eigenvalue weighted by Crippen LogP contribution is 2.49. The Morgan fingerprint density at radius 3 is 2.65 bits per heavy atom. The molecular weight excluding hydrogens is 386 g/mol. The van der Waals surface area contributed by atoms with E-state index in [1.165, 1.54) is 16.7 Å². The summed E-state index contributed by atoms with van der Waals surface area (Å²) in [6.45, 7) is 2.00. The van der Waals surface area contributed by atoms with Crippen molar-refractivity contribution in [1.29, 1.82) is 0 Å². The molecule has 1 saturated heterocycles. The lowest BCUT2D eigenvalue weighted by Gasteiger charge is -2.38. The molecule has 0 unspecified atom stereocenters. The minimum Gasteiger partial charge on any atom is -0.357 e. The number of benzene rings is 2. The summed E-state index contributed by atoms with van der Waals surface area (Å²) >= 11 is 0. The Bertz CT molecular complexity index is 1050. The number of amides is 2. The quantitative estimate of drug-likeness (QED) is 0.806. The van der Waals surface area contributed by atoms with Gasteiger partial charge in [-0.2, -0.15) is 0 Å². The maximum Gasteiger partial charge on any atom is 0.243 e. The van der Waals surface area contributed by atoms with Crippen LogP contribution in [0.3, 0.4) is 0 Å². The minimum atomic E-state index is -0.461. The number of hydrogen-bond acceptors (Lipinski definition) is 3. The number of likely N-dealkylation sites (N-methyl/N-ethyl adjacent to an activating group) is 1. The van der Waals surface area contributed by atoms with Crippen LogP contribution >= 0.6 is 0 Å². The van der Waals surface area contributed by atoms with Gasteiger partial charge in [0.05, 0.1) is 0 Å². The van der Waals surface area contributed by atoms with Crippen molar-refractivity contribution in [2.24, 2.45) is 0 Å². The van der Waals surface area contributed by atoms with E-state index >= 15 is 0 Å². The summed E-state index contributed by atoms with van der Waals surface area (Å²) in [6.07, 6.45) is 6.16. The van der Waals surface area contributed by atoms with Crippen LogP contribution < -0.4 is 15.5 Å². The van der Waals surface area contributed by atoms with Crippen LogP contribution in [0.5, 0.6) is 0 Å². The number of fused-ring (bicyclic) bond motifs is 3. The molecule has 0 bridgehead atoms. The van der Waals surface area contributed by atoms with E-state index in [0.29, 0.717) is 12.8 Å². The van der Waals surface area contributed by atoms with Crippen LogP contribution in [0, 0.1) is 0 Å². The summed E-state index contributed by atoms with van der Waals surface area (Å²) in [5, 5.41) is 6.22. The lowest BCUT2D eigenvalue weighted by Crippen LogP contribution is -2.47. The normalized spacial score (nSPS) is 20.9. The van der Waals surface area contributed by atoms with Crippen LogP contribution in [0.25, 0.3) is 6.08 Å². The largest absolute Gasteiger partial charge is 0.357 e. The van der Waals surface area contributed by atoms with Gasteiger partial charge in [-0.15, -0.1) is 0 Å². The summed E-state index contributed by atoms with van der Waals surface area (Å²) in [4.78, 5) is 27.7. The third-order valence-electron chi connectivity index (χ3n) is 7.28. The predicted molar refractivity (Wildman–Crippen MR) is 123 cm³/mol. The smallest absolute Gasteiger partial charge is 0.243 e. The Balaban J connectivity index is 1.39. The number of para-hydroxylation sites is 1. The Morgan fingerprint density at radius 2 is 1.84 bits per heavy atom. The first-order chi connectivity index (χ1) is 15.1. The van der Waals surface area contributed by atoms with Crippen molar-refractivity contribution >= 4 is 23.6 Å². The number of hydrogen-bond donors (Lipinski definition) is 2. The van der Waals surface area contributed by atoms with E-state index in [1.807, 2.05) is 24.3 Å². The molecular formula is C26H29N3O2. The van der Waals surface area contributed by atoms with Gasteiger partial charge in [0.15, 0.2) is 0 Å². The monoisotopic (exact) mass is 415 g/mol. The van der Waals surface area contributed by atoms with Gasteiger partial charge in [0, 0.05) is 31.0 Å². The summed E-state index contributed by atoms with van der Waals surface area (Å²) < 4.78 is 0. The van der Waals surface area contributed by atoms with Crippen LogP contribution in [-0.4, -0.2) is 38.0 Å².